The molecule has 1 aromatic heterocycles. The molecule has 20 heavy (non-hydrogen) atoms. The van der Waals surface area contributed by atoms with Gasteiger partial charge in [-0.15, -0.1) is 0 Å². The molecule has 0 radical (unpaired) electrons. The van der Waals surface area contributed by atoms with E-state index in [1.165, 1.54) is 31.5 Å². The van der Waals surface area contributed by atoms with E-state index in [1.54, 1.807) is 6.92 Å². The van der Waals surface area contributed by atoms with Crippen molar-refractivity contribution in [1.29, 1.82) is 0 Å². The third kappa shape index (κ3) is 2.61. The fraction of sp³-hybridized carbons (Fsp3) is 0.154. The van der Waals surface area contributed by atoms with Crippen LogP contribution in [0.4, 0.5) is 5.69 Å². The zero-order chi connectivity index (χ0) is 14.7. The highest BCUT2D eigenvalue weighted by molar-refractivity contribution is 6.06. The molecule has 0 spiro atoms. The summed E-state index contributed by atoms with van der Waals surface area (Å²) in [5.74, 6) is -0.817. The van der Waals surface area contributed by atoms with Gasteiger partial charge in [-0.25, -0.2) is 4.79 Å². The molecule has 0 aliphatic heterocycles. The van der Waals surface area contributed by atoms with Crippen LogP contribution in [-0.4, -0.2) is 29.2 Å². The molecule has 0 unspecified atom stereocenters. The molecule has 7 nitrogen and oxygen atoms in total. The average molecular weight is 276 g/mol. The minimum atomic E-state index is -1.09. The van der Waals surface area contributed by atoms with E-state index < -0.39 is 11.9 Å². The second-order valence-electron chi connectivity index (χ2n) is 3.97. The van der Waals surface area contributed by atoms with Crippen LogP contribution < -0.4 is 10.1 Å². The molecule has 7 heteroatoms. The van der Waals surface area contributed by atoms with E-state index >= 15 is 0 Å². The van der Waals surface area contributed by atoms with Gasteiger partial charge < -0.3 is 19.7 Å². The van der Waals surface area contributed by atoms with E-state index in [9.17, 15) is 9.59 Å². The Kier molecular flexibility index (Phi) is 3.69. The molecule has 0 aliphatic carbocycles. The lowest BCUT2D eigenvalue weighted by molar-refractivity contribution is 0.0696. The van der Waals surface area contributed by atoms with Crippen LogP contribution in [-0.2, 0) is 0 Å². The summed E-state index contributed by atoms with van der Waals surface area (Å²) in [7, 11) is 1.43. The van der Waals surface area contributed by atoms with Gasteiger partial charge >= 0.3 is 5.97 Å². The van der Waals surface area contributed by atoms with Gasteiger partial charge in [0.25, 0.3) is 5.91 Å². The predicted octanol–water partition coefficient (Wildman–Crippen LogP) is 1.94. The maximum Gasteiger partial charge on any atom is 0.335 e. The number of ether oxygens (including phenoxy) is 1. The van der Waals surface area contributed by atoms with Crippen molar-refractivity contribution in [3.05, 3.63) is 41.3 Å². The highest BCUT2D eigenvalue weighted by atomic mass is 16.5. The van der Waals surface area contributed by atoms with Gasteiger partial charge in [-0.3, -0.25) is 4.79 Å². The summed E-state index contributed by atoms with van der Waals surface area (Å²) in [5.41, 5.74) is 0.578. The van der Waals surface area contributed by atoms with E-state index in [-0.39, 0.29) is 16.8 Å². The van der Waals surface area contributed by atoms with Crippen molar-refractivity contribution in [2.24, 2.45) is 0 Å². The number of nitrogens with zero attached hydrogens (tertiary/aromatic N) is 1. The number of nitrogens with one attached hydrogen (secondary N) is 1. The summed E-state index contributed by atoms with van der Waals surface area (Å²) in [6.45, 7) is 1.60. The number of aromatic nitrogens is 1. The van der Waals surface area contributed by atoms with Gasteiger partial charge in [-0.1, -0.05) is 5.16 Å². The number of aryl methyl sites for hydroxylation is 1. The Labute approximate surface area is 114 Å². The first-order valence-electron chi connectivity index (χ1n) is 5.67. The van der Waals surface area contributed by atoms with Crippen LogP contribution in [0.3, 0.4) is 0 Å². The molecule has 1 heterocycles. The van der Waals surface area contributed by atoms with E-state index in [1.807, 2.05) is 0 Å². The number of rotatable bonds is 4. The quantitative estimate of drug-likeness (QED) is 0.884. The van der Waals surface area contributed by atoms with Gasteiger partial charge in [-0.05, 0) is 25.1 Å². The smallest absolute Gasteiger partial charge is 0.335 e. The molecule has 0 atom stereocenters. The van der Waals surface area contributed by atoms with Crippen molar-refractivity contribution < 1.29 is 24.0 Å². The molecular formula is C13H12N2O5. The number of amides is 1. The van der Waals surface area contributed by atoms with Crippen LogP contribution in [0, 0.1) is 6.92 Å². The largest absolute Gasteiger partial charge is 0.495 e. The molecular weight excluding hydrogens is 264 g/mol. The van der Waals surface area contributed by atoms with E-state index in [2.05, 4.69) is 10.5 Å². The highest BCUT2D eigenvalue weighted by Gasteiger charge is 2.16. The molecule has 2 N–H and O–H groups in total. The van der Waals surface area contributed by atoms with Crippen LogP contribution in [0.15, 0.2) is 28.9 Å². The number of aromatic carboxylic acids is 1. The standard InChI is InChI=1S/C13H12N2O5/c1-7-9(6-14-20-7)12(16)15-10-5-8(13(17)18)3-4-11(10)19-2/h3-6H,1-2H3,(H,15,16)(H,17,18). The van der Waals surface area contributed by atoms with Crippen molar-refractivity contribution in [3.63, 3.8) is 0 Å². The van der Waals surface area contributed by atoms with Crippen molar-refractivity contribution in [1.82, 2.24) is 5.16 Å². The molecule has 0 bridgehead atoms. The Morgan fingerprint density at radius 1 is 1.40 bits per heavy atom. The first-order valence-corrected chi connectivity index (χ1v) is 5.67. The van der Waals surface area contributed by atoms with Crippen molar-refractivity contribution in [2.75, 3.05) is 12.4 Å². The van der Waals surface area contributed by atoms with Gasteiger partial charge in [0.05, 0.1) is 24.6 Å². The number of carboxylic acid groups (broad SMARTS) is 1. The summed E-state index contributed by atoms with van der Waals surface area (Å²) in [5, 5.41) is 15.0. The average Bonchev–Trinajstić information content (AvgIpc) is 2.84. The van der Waals surface area contributed by atoms with Crippen LogP contribution in [0.1, 0.15) is 26.5 Å². The second-order valence-corrected chi connectivity index (χ2v) is 3.97. The lowest BCUT2D eigenvalue weighted by atomic mass is 10.1. The number of methoxy groups -OCH3 is 1. The third-order valence-corrected chi connectivity index (χ3v) is 2.69. The summed E-state index contributed by atoms with van der Waals surface area (Å²) < 4.78 is 9.89. The van der Waals surface area contributed by atoms with Crippen LogP contribution >= 0.6 is 0 Å². The fourth-order valence-corrected chi connectivity index (χ4v) is 1.65. The van der Waals surface area contributed by atoms with Gasteiger partial charge in [-0.2, -0.15) is 0 Å². The number of carboxylic acids is 1. The lowest BCUT2D eigenvalue weighted by Crippen LogP contribution is -2.13. The molecule has 0 saturated heterocycles. The summed E-state index contributed by atoms with van der Waals surface area (Å²) >= 11 is 0. The van der Waals surface area contributed by atoms with Crippen molar-refractivity contribution >= 4 is 17.6 Å². The van der Waals surface area contributed by atoms with Gasteiger partial charge in [0, 0.05) is 0 Å². The Bertz CT molecular complexity index is 663. The number of benzene rings is 1. The van der Waals surface area contributed by atoms with Gasteiger partial charge in [0.2, 0.25) is 0 Å². The molecule has 2 rings (SSSR count). The first-order chi connectivity index (χ1) is 9.52. The molecule has 0 aliphatic rings. The zero-order valence-corrected chi connectivity index (χ0v) is 10.8. The fourth-order valence-electron chi connectivity index (χ4n) is 1.65. The molecule has 104 valence electrons. The Morgan fingerprint density at radius 3 is 2.70 bits per heavy atom. The summed E-state index contributed by atoms with van der Waals surface area (Å²) in [6.07, 6.45) is 1.29. The van der Waals surface area contributed by atoms with Crippen molar-refractivity contribution in [2.45, 2.75) is 6.92 Å². The van der Waals surface area contributed by atoms with Crippen LogP contribution in [0.25, 0.3) is 0 Å². The van der Waals surface area contributed by atoms with Crippen LogP contribution in [0.5, 0.6) is 5.75 Å². The maximum atomic E-state index is 12.0. The van der Waals surface area contributed by atoms with Crippen LogP contribution in [0.2, 0.25) is 0 Å². The monoisotopic (exact) mass is 276 g/mol. The number of hydrogen-bond acceptors (Lipinski definition) is 5. The third-order valence-electron chi connectivity index (χ3n) is 2.69. The van der Waals surface area contributed by atoms with Gasteiger partial charge in [0.15, 0.2) is 0 Å². The molecule has 0 saturated carbocycles. The highest BCUT2D eigenvalue weighted by Crippen LogP contribution is 2.26. The molecule has 2 aromatic rings. The summed E-state index contributed by atoms with van der Waals surface area (Å²) in [4.78, 5) is 23.0. The van der Waals surface area contributed by atoms with Gasteiger partial charge in [0.1, 0.15) is 17.1 Å². The van der Waals surface area contributed by atoms with E-state index in [4.69, 9.17) is 14.4 Å². The number of carbonyl (C=O) groups is 2. The lowest BCUT2D eigenvalue weighted by Gasteiger charge is -2.10. The Morgan fingerprint density at radius 2 is 2.15 bits per heavy atom. The first kappa shape index (κ1) is 13.6. The van der Waals surface area contributed by atoms with E-state index in [0.717, 1.165) is 0 Å². The molecule has 0 fully saturated rings. The van der Waals surface area contributed by atoms with E-state index in [0.29, 0.717) is 11.5 Å². The zero-order valence-electron chi connectivity index (χ0n) is 10.8. The number of carbonyl (C=O) groups excluding carboxylic acids is 1. The minimum Gasteiger partial charge on any atom is -0.495 e. The SMILES string of the molecule is COc1ccc(C(=O)O)cc1NC(=O)c1cnoc1C. The number of anilines is 1. The Hall–Kier alpha value is -2.83. The maximum absolute atomic E-state index is 12.0. The normalized spacial score (nSPS) is 10.1. The topological polar surface area (TPSA) is 102 Å². The Balaban J connectivity index is 2.32. The summed E-state index contributed by atoms with van der Waals surface area (Å²) in [6, 6.07) is 4.18. The minimum absolute atomic E-state index is 0.0446. The number of hydrogen-bond donors (Lipinski definition) is 2. The molecule has 1 amide bonds. The predicted molar refractivity (Wildman–Crippen MR) is 69.1 cm³/mol. The second kappa shape index (κ2) is 5.43. The molecule has 1 aromatic carbocycles. The van der Waals surface area contributed by atoms with Crippen molar-refractivity contribution in [3.8, 4) is 5.75 Å².